The number of rotatable bonds is 3. The largest absolute Gasteiger partial charge is 0.399 e. The number of amides is 2. The van der Waals surface area contributed by atoms with Crippen molar-refractivity contribution < 1.29 is 9.59 Å². The maximum absolute atomic E-state index is 12.7. The van der Waals surface area contributed by atoms with Crippen LogP contribution in [0.2, 0.25) is 0 Å². The minimum atomic E-state index is -0.209. The van der Waals surface area contributed by atoms with Gasteiger partial charge in [0, 0.05) is 30.0 Å². The second-order valence-corrected chi connectivity index (χ2v) is 7.02. The molecule has 1 aliphatic rings. The van der Waals surface area contributed by atoms with Gasteiger partial charge in [-0.1, -0.05) is 23.8 Å². The van der Waals surface area contributed by atoms with E-state index in [2.05, 4.69) is 5.32 Å². The zero-order chi connectivity index (χ0) is 18.7. The van der Waals surface area contributed by atoms with E-state index < -0.39 is 0 Å². The lowest BCUT2D eigenvalue weighted by molar-refractivity contribution is -0.121. The van der Waals surface area contributed by atoms with Crippen LogP contribution in [0.4, 0.5) is 11.4 Å². The third-order valence-electron chi connectivity index (χ3n) is 4.90. The molecule has 2 aromatic rings. The van der Waals surface area contributed by atoms with Gasteiger partial charge in [0.2, 0.25) is 5.91 Å². The molecule has 1 heterocycles. The molecule has 27 heavy (non-hydrogen) atoms. The molecular formula is C21H26ClN3O2. The van der Waals surface area contributed by atoms with Gasteiger partial charge >= 0.3 is 0 Å². The smallest absolute Gasteiger partial charge is 0.253 e. The summed E-state index contributed by atoms with van der Waals surface area (Å²) >= 11 is 0. The van der Waals surface area contributed by atoms with Gasteiger partial charge in [-0.15, -0.1) is 12.4 Å². The summed E-state index contributed by atoms with van der Waals surface area (Å²) in [5.74, 6) is -0.276. The molecule has 0 bridgehead atoms. The van der Waals surface area contributed by atoms with Crippen molar-refractivity contribution in [1.29, 1.82) is 0 Å². The number of carbonyl (C=O) groups excluding carboxylic acids is 2. The van der Waals surface area contributed by atoms with Crippen LogP contribution in [-0.2, 0) is 4.79 Å². The van der Waals surface area contributed by atoms with Crippen LogP contribution >= 0.6 is 12.4 Å². The molecule has 3 rings (SSSR count). The fourth-order valence-electron chi connectivity index (χ4n) is 3.26. The maximum atomic E-state index is 12.7. The highest BCUT2D eigenvalue weighted by Crippen LogP contribution is 2.23. The Morgan fingerprint density at radius 3 is 2.52 bits per heavy atom. The van der Waals surface area contributed by atoms with Crippen molar-refractivity contribution >= 4 is 35.6 Å². The van der Waals surface area contributed by atoms with E-state index >= 15 is 0 Å². The number of carbonyl (C=O) groups is 2. The third-order valence-corrected chi connectivity index (χ3v) is 4.90. The zero-order valence-electron chi connectivity index (χ0n) is 15.7. The molecular weight excluding hydrogens is 362 g/mol. The van der Waals surface area contributed by atoms with Gasteiger partial charge in [0.15, 0.2) is 0 Å². The Morgan fingerprint density at radius 2 is 1.81 bits per heavy atom. The number of nitrogens with zero attached hydrogens (tertiary/aromatic N) is 1. The van der Waals surface area contributed by atoms with Crippen LogP contribution in [0.15, 0.2) is 42.5 Å². The topological polar surface area (TPSA) is 75.4 Å². The van der Waals surface area contributed by atoms with Gasteiger partial charge in [0.1, 0.15) is 0 Å². The Hall–Kier alpha value is -2.53. The highest BCUT2D eigenvalue weighted by atomic mass is 35.5. The Morgan fingerprint density at radius 1 is 1.11 bits per heavy atom. The van der Waals surface area contributed by atoms with Crippen molar-refractivity contribution in [2.45, 2.75) is 26.7 Å². The summed E-state index contributed by atoms with van der Waals surface area (Å²) in [4.78, 5) is 27.2. The molecule has 1 unspecified atom stereocenters. The summed E-state index contributed by atoms with van der Waals surface area (Å²) in [5.41, 5.74) is 9.92. The SMILES string of the molecule is Cc1ccc(C(=O)N2CCCC(C(=O)Nc3cc(N)ccc3C)C2)cc1.Cl. The van der Waals surface area contributed by atoms with E-state index in [0.717, 1.165) is 29.7 Å². The molecule has 0 saturated carbocycles. The first-order valence-corrected chi connectivity index (χ1v) is 8.97. The van der Waals surface area contributed by atoms with Crippen molar-refractivity contribution in [1.82, 2.24) is 4.90 Å². The van der Waals surface area contributed by atoms with E-state index in [4.69, 9.17) is 5.73 Å². The van der Waals surface area contributed by atoms with E-state index in [9.17, 15) is 9.59 Å². The number of nitrogens with two attached hydrogens (primary N) is 1. The van der Waals surface area contributed by atoms with Crippen molar-refractivity contribution in [3.8, 4) is 0 Å². The maximum Gasteiger partial charge on any atom is 0.253 e. The van der Waals surface area contributed by atoms with Gasteiger partial charge in [-0.05, 0) is 56.5 Å². The molecule has 1 aliphatic heterocycles. The second-order valence-electron chi connectivity index (χ2n) is 7.02. The Kier molecular flexibility index (Phi) is 6.86. The minimum Gasteiger partial charge on any atom is -0.399 e. The van der Waals surface area contributed by atoms with Crippen molar-refractivity contribution in [3.05, 3.63) is 59.2 Å². The van der Waals surface area contributed by atoms with Crippen LogP contribution in [0.3, 0.4) is 0 Å². The number of piperidine rings is 1. The van der Waals surface area contributed by atoms with Crippen molar-refractivity contribution in [2.24, 2.45) is 5.92 Å². The van der Waals surface area contributed by atoms with Gasteiger partial charge in [-0.2, -0.15) is 0 Å². The van der Waals surface area contributed by atoms with Crippen molar-refractivity contribution in [3.63, 3.8) is 0 Å². The first-order valence-electron chi connectivity index (χ1n) is 8.97. The molecule has 2 aromatic carbocycles. The standard InChI is InChI=1S/C21H25N3O2.ClH/c1-14-5-8-16(9-6-14)21(26)24-11-3-4-17(13-24)20(25)23-19-12-18(22)10-7-15(19)2;/h5-10,12,17H,3-4,11,13,22H2,1-2H3,(H,23,25);1H. The highest BCUT2D eigenvalue weighted by molar-refractivity contribution is 5.96. The number of anilines is 2. The number of aryl methyl sites for hydroxylation is 2. The molecule has 0 radical (unpaired) electrons. The lowest BCUT2D eigenvalue weighted by Crippen LogP contribution is -2.43. The number of nitrogens with one attached hydrogen (secondary N) is 1. The van der Waals surface area contributed by atoms with Crippen LogP contribution in [-0.4, -0.2) is 29.8 Å². The van der Waals surface area contributed by atoms with Crippen LogP contribution in [0, 0.1) is 19.8 Å². The van der Waals surface area contributed by atoms with E-state index in [0.29, 0.717) is 24.3 Å². The lowest BCUT2D eigenvalue weighted by atomic mass is 9.96. The van der Waals surface area contributed by atoms with Crippen LogP contribution in [0.5, 0.6) is 0 Å². The van der Waals surface area contributed by atoms with E-state index in [1.807, 2.05) is 50.2 Å². The molecule has 144 valence electrons. The fourth-order valence-corrected chi connectivity index (χ4v) is 3.26. The third kappa shape index (κ3) is 5.01. The number of nitrogen functional groups attached to an aromatic ring is 1. The molecule has 3 N–H and O–H groups in total. The van der Waals surface area contributed by atoms with Crippen LogP contribution in [0.25, 0.3) is 0 Å². The Labute approximate surface area is 166 Å². The van der Waals surface area contributed by atoms with Gasteiger partial charge in [0.25, 0.3) is 5.91 Å². The molecule has 6 heteroatoms. The molecule has 2 amide bonds. The number of halogens is 1. The lowest BCUT2D eigenvalue weighted by Gasteiger charge is -2.32. The fraction of sp³-hybridized carbons (Fsp3) is 0.333. The first kappa shape index (κ1) is 20.8. The van der Waals surface area contributed by atoms with Crippen LogP contribution < -0.4 is 11.1 Å². The van der Waals surface area contributed by atoms with Crippen LogP contribution in [0.1, 0.15) is 34.3 Å². The van der Waals surface area contributed by atoms with Gasteiger partial charge in [-0.25, -0.2) is 0 Å². The first-order chi connectivity index (χ1) is 12.4. The summed E-state index contributed by atoms with van der Waals surface area (Å²) < 4.78 is 0. The number of hydrogen-bond acceptors (Lipinski definition) is 3. The monoisotopic (exact) mass is 387 g/mol. The van der Waals surface area contributed by atoms with Gasteiger partial charge < -0.3 is 16.0 Å². The minimum absolute atomic E-state index is 0. The molecule has 0 aromatic heterocycles. The summed E-state index contributed by atoms with van der Waals surface area (Å²) in [7, 11) is 0. The predicted molar refractivity (Wildman–Crippen MR) is 111 cm³/mol. The van der Waals surface area contributed by atoms with Gasteiger partial charge in [0.05, 0.1) is 5.92 Å². The van der Waals surface area contributed by atoms with E-state index in [1.54, 1.807) is 11.0 Å². The molecule has 1 atom stereocenters. The number of likely N-dealkylation sites (tertiary alicyclic amines) is 1. The molecule has 5 nitrogen and oxygen atoms in total. The Bertz CT molecular complexity index is 821. The van der Waals surface area contributed by atoms with E-state index in [1.165, 1.54) is 0 Å². The molecule has 0 aliphatic carbocycles. The summed E-state index contributed by atoms with van der Waals surface area (Å²) in [5, 5.41) is 2.97. The average Bonchev–Trinajstić information content (AvgIpc) is 2.65. The van der Waals surface area contributed by atoms with Gasteiger partial charge in [-0.3, -0.25) is 9.59 Å². The highest BCUT2D eigenvalue weighted by Gasteiger charge is 2.29. The Balaban J connectivity index is 0.00000261. The zero-order valence-corrected chi connectivity index (χ0v) is 16.5. The second kappa shape index (κ2) is 8.91. The molecule has 1 fully saturated rings. The normalized spacial score (nSPS) is 16.4. The molecule has 0 spiro atoms. The molecule has 1 saturated heterocycles. The predicted octanol–water partition coefficient (Wildman–Crippen LogP) is 3.80. The van der Waals surface area contributed by atoms with E-state index in [-0.39, 0.29) is 30.1 Å². The average molecular weight is 388 g/mol. The van der Waals surface area contributed by atoms with Crippen molar-refractivity contribution in [2.75, 3.05) is 24.1 Å². The number of benzene rings is 2. The summed E-state index contributed by atoms with van der Waals surface area (Å²) in [6.07, 6.45) is 1.61. The summed E-state index contributed by atoms with van der Waals surface area (Å²) in [6.45, 7) is 5.06. The summed E-state index contributed by atoms with van der Waals surface area (Å²) in [6, 6.07) is 13.0. The number of hydrogen-bond donors (Lipinski definition) is 2. The quantitative estimate of drug-likeness (QED) is 0.786.